The molecule has 0 amide bonds. The Hall–Kier alpha value is -1.80. The maximum atomic E-state index is 4.15. The number of piperidine rings is 1. The van der Waals surface area contributed by atoms with E-state index in [9.17, 15) is 0 Å². The fourth-order valence-electron chi connectivity index (χ4n) is 7.31. The highest BCUT2D eigenvalue weighted by Gasteiger charge is 2.41. The molecule has 2 nitrogen and oxygen atoms in total. The lowest BCUT2D eigenvalue weighted by atomic mass is 9.69. The third kappa shape index (κ3) is 6.31. The Morgan fingerprint density at radius 2 is 1.66 bits per heavy atom. The first-order valence-corrected chi connectivity index (χ1v) is 14.8. The summed E-state index contributed by atoms with van der Waals surface area (Å²) in [6, 6.07) is 19.2. The largest absolute Gasteiger partial charge is 0.381 e. The molecular formula is C33H48N2. The summed E-state index contributed by atoms with van der Waals surface area (Å²) in [6.45, 7) is 8.30. The van der Waals surface area contributed by atoms with Crippen LogP contribution in [0.3, 0.4) is 0 Å². The quantitative estimate of drug-likeness (QED) is 0.388. The number of hydrogen-bond acceptors (Lipinski definition) is 2. The highest BCUT2D eigenvalue weighted by molar-refractivity contribution is 5.58. The summed E-state index contributed by atoms with van der Waals surface area (Å²) in [7, 11) is 0. The fraction of sp³-hybridized carbons (Fsp3) is 0.636. The summed E-state index contributed by atoms with van der Waals surface area (Å²) in [5.41, 5.74) is 6.16. The van der Waals surface area contributed by atoms with Gasteiger partial charge in [-0.1, -0.05) is 88.4 Å². The zero-order chi connectivity index (χ0) is 24.0. The normalized spacial score (nSPS) is 25.5. The second kappa shape index (κ2) is 12.0. The van der Waals surface area contributed by atoms with E-state index < -0.39 is 0 Å². The van der Waals surface area contributed by atoms with Crippen LogP contribution in [0.5, 0.6) is 0 Å². The van der Waals surface area contributed by atoms with Gasteiger partial charge in [-0.15, -0.1) is 0 Å². The standard InChI is InChI=1S/C33H48N2/c1-25(2)11-9-10-12-26-17-18-32-31(23-26)29-15-7-4-8-16-30(29)33(34-32)28-19-21-35(22-20-28)24-27-13-5-3-6-14-27/h3,5-6,13-14,17-18,23,25,28-30,33-34H,4,7-12,15-16,19-22,24H2,1-2H3/t29-,30+,33+/m0/s1. The minimum Gasteiger partial charge on any atom is -0.381 e. The van der Waals surface area contributed by atoms with Gasteiger partial charge in [0, 0.05) is 18.3 Å². The topological polar surface area (TPSA) is 15.3 Å². The lowest BCUT2D eigenvalue weighted by molar-refractivity contribution is 0.140. The minimum atomic E-state index is 0.668. The van der Waals surface area contributed by atoms with E-state index in [1.54, 1.807) is 11.1 Å². The van der Waals surface area contributed by atoms with Gasteiger partial charge in [0.05, 0.1) is 0 Å². The van der Waals surface area contributed by atoms with E-state index in [0.717, 1.165) is 30.2 Å². The van der Waals surface area contributed by atoms with E-state index in [0.29, 0.717) is 6.04 Å². The molecule has 0 bridgehead atoms. The molecule has 3 atom stereocenters. The number of anilines is 1. The van der Waals surface area contributed by atoms with Crippen LogP contribution in [0.2, 0.25) is 0 Å². The number of fused-ring (bicyclic) bond motifs is 3. The predicted molar refractivity (Wildman–Crippen MR) is 150 cm³/mol. The van der Waals surface area contributed by atoms with Crippen LogP contribution in [0, 0.1) is 17.8 Å². The van der Waals surface area contributed by atoms with Gasteiger partial charge in [0.15, 0.2) is 0 Å². The summed E-state index contributed by atoms with van der Waals surface area (Å²) in [6.07, 6.45) is 15.1. The van der Waals surface area contributed by atoms with Gasteiger partial charge >= 0.3 is 0 Å². The first-order chi connectivity index (χ1) is 17.2. The van der Waals surface area contributed by atoms with Gasteiger partial charge in [0.1, 0.15) is 0 Å². The predicted octanol–water partition coefficient (Wildman–Crippen LogP) is 8.43. The molecule has 1 saturated carbocycles. The van der Waals surface area contributed by atoms with E-state index in [2.05, 4.69) is 72.6 Å². The molecule has 2 heteroatoms. The zero-order valence-electron chi connectivity index (χ0n) is 22.4. The van der Waals surface area contributed by atoms with Crippen LogP contribution < -0.4 is 5.32 Å². The number of likely N-dealkylation sites (tertiary alicyclic amines) is 1. The fourth-order valence-corrected chi connectivity index (χ4v) is 7.31. The molecular weight excluding hydrogens is 424 g/mol. The molecule has 0 unspecified atom stereocenters. The Morgan fingerprint density at radius 1 is 0.857 bits per heavy atom. The van der Waals surface area contributed by atoms with Crippen molar-refractivity contribution >= 4 is 5.69 Å². The van der Waals surface area contributed by atoms with Crippen LogP contribution in [-0.2, 0) is 13.0 Å². The number of nitrogens with zero attached hydrogens (tertiary/aromatic N) is 1. The molecule has 3 aliphatic rings. The average molecular weight is 473 g/mol. The van der Waals surface area contributed by atoms with Crippen molar-refractivity contribution in [2.45, 2.75) is 103 Å². The van der Waals surface area contributed by atoms with Gasteiger partial charge in [-0.05, 0) is 98.0 Å². The lowest BCUT2D eigenvalue weighted by Crippen LogP contribution is -2.47. The van der Waals surface area contributed by atoms with Crippen LogP contribution in [0.1, 0.15) is 101 Å². The number of benzene rings is 2. The second-order valence-corrected chi connectivity index (χ2v) is 12.2. The summed E-state index contributed by atoms with van der Waals surface area (Å²) in [5, 5.41) is 4.15. The molecule has 1 aliphatic carbocycles. The third-order valence-corrected chi connectivity index (χ3v) is 9.25. The molecule has 35 heavy (non-hydrogen) atoms. The van der Waals surface area contributed by atoms with Crippen LogP contribution in [0.15, 0.2) is 48.5 Å². The molecule has 0 aromatic heterocycles. The smallest absolute Gasteiger partial charge is 0.0378 e. The van der Waals surface area contributed by atoms with Crippen LogP contribution in [-0.4, -0.2) is 24.0 Å². The van der Waals surface area contributed by atoms with Gasteiger partial charge in [0.2, 0.25) is 0 Å². The average Bonchev–Trinajstić information content (AvgIpc) is 3.14. The minimum absolute atomic E-state index is 0.668. The van der Waals surface area contributed by atoms with Crippen LogP contribution in [0.25, 0.3) is 0 Å². The molecule has 1 N–H and O–H groups in total. The zero-order valence-corrected chi connectivity index (χ0v) is 22.4. The van der Waals surface area contributed by atoms with Crippen LogP contribution >= 0.6 is 0 Å². The molecule has 1 saturated heterocycles. The van der Waals surface area contributed by atoms with Crippen molar-refractivity contribution in [1.82, 2.24) is 4.90 Å². The number of unbranched alkanes of at least 4 members (excludes halogenated alkanes) is 1. The molecule has 2 aromatic rings. The summed E-state index contributed by atoms with van der Waals surface area (Å²) < 4.78 is 0. The monoisotopic (exact) mass is 472 g/mol. The highest BCUT2D eigenvalue weighted by atomic mass is 15.1. The van der Waals surface area contributed by atoms with E-state index >= 15 is 0 Å². The molecule has 2 aliphatic heterocycles. The first-order valence-electron chi connectivity index (χ1n) is 14.8. The molecule has 0 spiro atoms. The van der Waals surface area contributed by atoms with E-state index in [1.807, 2.05) is 0 Å². The summed E-state index contributed by atoms with van der Waals surface area (Å²) >= 11 is 0. The SMILES string of the molecule is CC(C)CCCCc1ccc2c(c1)[C@H]1CCCCC[C@H]1[C@@H](C1CCN(Cc3ccccc3)CC1)N2. The highest BCUT2D eigenvalue weighted by Crippen LogP contribution is 2.48. The van der Waals surface area contributed by atoms with Gasteiger partial charge in [-0.2, -0.15) is 0 Å². The number of nitrogens with one attached hydrogen (secondary N) is 1. The van der Waals surface area contributed by atoms with Gasteiger partial charge < -0.3 is 5.32 Å². The van der Waals surface area contributed by atoms with Crippen molar-refractivity contribution in [1.29, 1.82) is 0 Å². The molecule has 2 heterocycles. The molecule has 0 radical (unpaired) electrons. The summed E-state index contributed by atoms with van der Waals surface area (Å²) in [5.74, 6) is 3.25. The maximum absolute atomic E-state index is 4.15. The van der Waals surface area contributed by atoms with Crippen molar-refractivity contribution in [3.05, 3.63) is 65.2 Å². The Bertz CT molecular complexity index is 912. The number of rotatable bonds is 8. The molecule has 2 fully saturated rings. The number of hydrogen-bond donors (Lipinski definition) is 1. The third-order valence-electron chi connectivity index (χ3n) is 9.25. The van der Waals surface area contributed by atoms with E-state index in [1.165, 1.54) is 95.0 Å². The van der Waals surface area contributed by atoms with Crippen molar-refractivity contribution in [2.75, 3.05) is 18.4 Å². The van der Waals surface area contributed by atoms with Crippen LogP contribution in [0.4, 0.5) is 5.69 Å². The molecule has 190 valence electrons. The van der Waals surface area contributed by atoms with Crippen molar-refractivity contribution in [3.8, 4) is 0 Å². The van der Waals surface area contributed by atoms with E-state index in [4.69, 9.17) is 0 Å². The van der Waals surface area contributed by atoms with Gasteiger partial charge in [-0.3, -0.25) is 4.90 Å². The van der Waals surface area contributed by atoms with Crippen molar-refractivity contribution < 1.29 is 0 Å². The lowest BCUT2D eigenvalue weighted by Gasteiger charge is -2.46. The first kappa shape index (κ1) is 24.9. The van der Waals surface area contributed by atoms with E-state index in [-0.39, 0.29) is 0 Å². The Morgan fingerprint density at radius 3 is 2.46 bits per heavy atom. The summed E-state index contributed by atoms with van der Waals surface area (Å²) in [4.78, 5) is 2.68. The van der Waals surface area contributed by atoms with Gasteiger partial charge in [0.25, 0.3) is 0 Å². The molecule has 5 rings (SSSR count). The Balaban J connectivity index is 1.25. The number of aryl methyl sites for hydroxylation is 1. The molecule has 2 aromatic carbocycles. The Kier molecular flexibility index (Phi) is 8.50. The van der Waals surface area contributed by atoms with Gasteiger partial charge in [-0.25, -0.2) is 0 Å². The van der Waals surface area contributed by atoms with Crippen molar-refractivity contribution in [2.24, 2.45) is 17.8 Å². The second-order valence-electron chi connectivity index (χ2n) is 12.2. The Labute approximate surface area is 214 Å². The van der Waals surface area contributed by atoms with Crippen molar-refractivity contribution in [3.63, 3.8) is 0 Å². The maximum Gasteiger partial charge on any atom is 0.0378 e.